The molecule has 2 heteroatoms. The van der Waals surface area contributed by atoms with Crippen LogP contribution in [0.3, 0.4) is 0 Å². The summed E-state index contributed by atoms with van der Waals surface area (Å²) in [7, 11) is 0. The molecule has 2 rings (SSSR count). The average molecular weight is 240 g/mol. The van der Waals surface area contributed by atoms with Gasteiger partial charge in [0.1, 0.15) is 0 Å². The number of nitrogens with one attached hydrogen (secondary N) is 1. The number of benzene rings is 2. The molecule has 0 fully saturated rings. The lowest BCUT2D eigenvalue weighted by molar-refractivity contribution is 0.576. The lowest BCUT2D eigenvalue weighted by Gasteiger charge is -2.16. The highest BCUT2D eigenvalue weighted by Gasteiger charge is 2.07. The van der Waals surface area contributed by atoms with Crippen molar-refractivity contribution in [3.63, 3.8) is 0 Å². The van der Waals surface area contributed by atoms with E-state index in [9.17, 15) is 0 Å². The van der Waals surface area contributed by atoms with E-state index >= 15 is 0 Å². The first kappa shape index (κ1) is 12.7. The fourth-order valence-electron chi connectivity index (χ4n) is 1.99. The Kier molecular flexibility index (Phi) is 4.00. The van der Waals surface area contributed by atoms with E-state index < -0.39 is 0 Å². The summed E-state index contributed by atoms with van der Waals surface area (Å²) in [6, 6.07) is 16.8. The van der Waals surface area contributed by atoms with Gasteiger partial charge in [-0.3, -0.25) is 0 Å². The van der Waals surface area contributed by atoms with Gasteiger partial charge in [-0.2, -0.15) is 0 Å². The predicted octanol–water partition coefficient (Wildman–Crippen LogP) is 3.43. The van der Waals surface area contributed by atoms with Crippen LogP contribution >= 0.6 is 0 Å². The number of hydrogen-bond acceptors (Lipinski definition) is 2. The summed E-state index contributed by atoms with van der Waals surface area (Å²) in [5.41, 5.74) is 10.6. The normalized spacial score (nSPS) is 12.3. The molecule has 0 heterocycles. The second kappa shape index (κ2) is 5.69. The summed E-state index contributed by atoms with van der Waals surface area (Å²) in [5.74, 6) is 0. The third-order valence-electron chi connectivity index (χ3n) is 3.20. The van der Waals surface area contributed by atoms with Crippen LogP contribution in [0.1, 0.15) is 29.7 Å². The van der Waals surface area contributed by atoms with Crippen molar-refractivity contribution in [3.8, 4) is 0 Å². The van der Waals surface area contributed by atoms with E-state index in [4.69, 9.17) is 5.73 Å². The monoisotopic (exact) mass is 240 g/mol. The van der Waals surface area contributed by atoms with E-state index in [1.54, 1.807) is 0 Å². The predicted molar refractivity (Wildman–Crippen MR) is 77.3 cm³/mol. The SMILES string of the molecule is Cc1ccc(CNC(C)c2ccccc2N)cc1. The maximum atomic E-state index is 5.97. The zero-order chi connectivity index (χ0) is 13.0. The molecule has 18 heavy (non-hydrogen) atoms. The number of anilines is 1. The van der Waals surface area contributed by atoms with Crippen LogP contribution < -0.4 is 11.1 Å². The van der Waals surface area contributed by atoms with Crippen LogP contribution in [0.4, 0.5) is 5.69 Å². The van der Waals surface area contributed by atoms with Crippen LogP contribution in [0, 0.1) is 6.92 Å². The lowest BCUT2D eigenvalue weighted by atomic mass is 10.1. The Hall–Kier alpha value is -1.80. The molecule has 0 aliphatic carbocycles. The summed E-state index contributed by atoms with van der Waals surface area (Å²) < 4.78 is 0. The van der Waals surface area contributed by atoms with E-state index in [0.717, 1.165) is 17.8 Å². The Morgan fingerprint density at radius 1 is 1.06 bits per heavy atom. The minimum Gasteiger partial charge on any atom is -0.398 e. The van der Waals surface area contributed by atoms with Gasteiger partial charge in [0.25, 0.3) is 0 Å². The molecule has 2 aromatic carbocycles. The highest BCUT2D eigenvalue weighted by molar-refractivity contribution is 5.47. The molecular formula is C16H20N2. The van der Waals surface area contributed by atoms with Gasteiger partial charge in [0, 0.05) is 18.3 Å². The number of para-hydroxylation sites is 1. The van der Waals surface area contributed by atoms with Crippen molar-refractivity contribution in [2.45, 2.75) is 26.4 Å². The largest absolute Gasteiger partial charge is 0.398 e. The van der Waals surface area contributed by atoms with Gasteiger partial charge in [0.05, 0.1) is 0 Å². The Labute approximate surface area is 109 Å². The molecule has 0 aliphatic heterocycles. The third-order valence-corrected chi connectivity index (χ3v) is 3.20. The van der Waals surface area contributed by atoms with Gasteiger partial charge in [-0.15, -0.1) is 0 Å². The summed E-state index contributed by atoms with van der Waals surface area (Å²) in [4.78, 5) is 0. The number of nitrogen functional groups attached to an aromatic ring is 1. The Morgan fingerprint density at radius 3 is 2.39 bits per heavy atom. The van der Waals surface area contributed by atoms with Crippen molar-refractivity contribution < 1.29 is 0 Å². The van der Waals surface area contributed by atoms with Gasteiger partial charge >= 0.3 is 0 Å². The average Bonchev–Trinajstić information content (AvgIpc) is 2.38. The van der Waals surface area contributed by atoms with Crippen LogP contribution in [0.25, 0.3) is 0 Å². The van der Waals surface area contributed by atoms with Crippen molar-refractivity contribution >= 4 is 5.69 Å². The van der Waals surface area contributed by atoms with Crippen LogP contribution in [-0.4, -0.2) is 0 Å². The van der Waals surface area contributed by atoms with Crippen LogP contribution in [0.15, 0.2) is 48.5 Å². The summed E-state index contributed by atoms with van der Waals surface area (Å²) in [5, 5.41) is 3.50. The van der Waals surface area contributed by atoms with Crippen LogP contribution in [0.5, 0.6) is 0 Å². The van der Waals surface area contributed by atoms with Gasteiger partial charge in [-0.05, 0) is 31.0 Å². The van der Waals surface area contributed by atoms with E-state index in [1.165, 1.54) is 11.1 Å². The summed E-state index contributed by atoms with van der Waals surface area (Å²) >= 11 is 0. The molecule has 2 nitrogen and oxygen atoms in total. The number of nitrogens with two attached hydrogens (primary N) is 1. The molecule has 0 spiro atoms. The Bertz CT molecular complexity index is 503. The first-order valence-corrected chi connectivity index (χ1v) is 6.30. The van der Waals surface area contributed by atoms with Crippen LogP contribution in [0.2, 0.25) is 0 Å². The summed E-state index contributed by atoms with van der Waals surface area (Å²) in [6.45, 7) is 5.10. The lowest BCUT2D eigenvalue weighted by Crippen LogP contribution is -2.19. The first-order chi connectivity index (χ1) is 8.66. The Morgan fingerprint density at radius 2 is 1.72 bits per heavy atom. The number of aryl methyl sites for hydroxylation is 1. The first-order valence-electron chi connectivity index (χ1n) is 6.30. The molecule has 0 radical (unpaired) electrons. The van der Waals surface area contributed by atoms with Crippen molar-refractivity contribution in [2.24, 2.45) is 0 Å². The molecule has 3 N–H and O–H groups in total. The molecule has 0 saturated carbocycles. The number of hydrogen-bond donors (Lipinski definition) is 2. The molecule has 1 atom stereocenters. The van der Waals surface area contributed by atoms with Crippen molar-refractivity contribution in [1.82, 2.24) is 5.32 Å². The highest BCUT2D eigenvalue weighted by atomic mass is 14.9. The van der Waals surface area contributed by atoms with Crippen molar-refractivity contribution in [1.29, 1.82) is 0 Å². The van der Waals surface area contributed by atoms with Crippen molar-refractivity contribution in [2.75, 3.05) is 5.73 Å². The molecule has 94 valence electrons. The van der Waals surface area contributed by atoms with Gasteiger partial charge in [-0.1, -0.05) is 48.0 Å². The van der Waals surface area contributed by atoms with E-state index in [-0.39, 0.29) is 6.04 Å². The van der Waals surface area contributed by atoms with Gasteiger partial charge in [-0.25, -0.2) is 0 Å². The molecule has 2 aromatic rings. The molecule has 1 unspecified atom stereocenters. The van der Waals surface area contributed by atoms with Crippen LogP contribution in [-0.2, 0) is 6.54 Å². The molecule has 0 amide bonds. The fraction of sp³-hybridized carbons (Fsp3) is 0.250. The quantitative estimate of drug-likeness (QED) is 0.803. The van der Waals surface area contributed by atoms with Gasteiger partial charge in [0.2, 0.25) is 0 Å². The molecule has 0 bridgehead atoms. The maximum Gasteiger partial charge on any atom is 0.0362 e. The third kappa shape index (κ3) is 3.11. The molecule has 0 aromatic heterocycles. The molecule has 0 saturated heterocycles. The minimum absolute atomic E-state index is 0.257. The van der Waals surface area contributed by atoms with Gasteiger partial charge in [0.15, 0.2) is 0 Å². The summed E-state index contributed by atoms with van der Waals surface area (Å²) in [6.07, 6.45) is 0. The smallest absolute Gasteiger partial charge is 0.0362 e. The molecule has 0 aliphatic rings. The zero-order valence-electron chi connectivity index (χ0n) is 11.0. The Balaban J connectivity index is 1.98. The standard InChI is InChI=1S/C16H20N2/c1-12-7-9-14(10-8-12)11-18-13(2)15-5-3-4-6-16(15)17/h3-10,13,18H,11,17H2,1-2H3. The second-order valence-corrected chi connectivity index (χ2v) is 4.72. The van der Waals surface area contributed by atoms with E-state index in [0.29, 0.717) is 0 Å². The fourth-order valence-corrected chi connectivity index (χ4v) is 1.99. The molecular weight excluding hydrogens is 220 g/mol. The maximum absolute atomic E-state index is 5.97. The zero-order valence-corrected chi connectivity index (χ0v) is 11.0. The van der Waals surface area contributed by atoms with Crippen molar-refractivity contribution in [3.05, 3.63) is 65.2 Å². The van der Waals surface area contributed by atoms with E-state index in [1.807, 2.05) is 18.2 Å². The topological polar surface area (TPSA) is 38.0 Å². The minimum atomic E-state index is 0.257. The van der Waals surface area contributed by atoms with E-state index in [2.05, 4.69) is 49.5 Å². The highest BCUT2D eigenvalue weighted by Crippen LogP contribution is 2.19. The van der Waals surface area contributed by atoms with Gasteiger partial charge < -0.3 is 11.1 Å². The number of rotatable bonds is 4. The second-order valence-electron chi connectivity index (χ2n) is 4.72.